The van der Waals surface area contributed by atoms with Crippen molar-refractivity contribution in [3.63, 3.8) is 0 Å². The molecule has 6 heteroatoms. The van der Waals surface area contributed by atoms with Crippen molar-refractivity contribution in [3.8, 4) is 0 Å². The number of esters is 1. The molecule has 0 saturated heterocycles. The van der Waals surface area contributed by atoms with E-state index in [-0.39, 0.29) is 18.5 Å². The van der Waals surface area contributed by atoms with Crippen LogP contribution in [0.4, 0.5) is 0 Å². The second-order valence-corrected chi connectivity index (χ2v) is 19.3. The van der Waals surface area contributed by atoms with Crippen molar-refractivity contribution < 1.29 is 24.5 Å². The molecule has 0 bridgehead atoms. The predicted molar refractivity (Wildman–Crippen MR) is 269 cm³/mol. The van der Waals surface area contributed by atoms with E-state index in [2.05, 4.69) is 19.2 Å². The van der Waals surface area contributed by atoms with Crippen molar-refractivity contribution in [2.24, 2.45) is 0 Å². The largest absolute Gasteiger partial charge is 0.466 e. The average Bonchev–Trinajstić information content (AvgIpc) is 3.27. The summed E-state index contributed by atoms with van der Waals surface area (Å²) in [6, 6.07) is -0.632. The summed E-state index contributed by atoms with van der Waals surface area (Å²) in [4.78, 5) is 24.4. The zero-order valence-electron chi connectivity index (χ0n) is 41.9. The van der Waals surface area contributed by atoms with Crippen molar-refractivity contribution in [2.45, 2.75) is 321 Å². The molecule has 0 aromatic carbocycles. The van der Waals surface area contributed by atoms with E-state index in [1.54, 1.807) is 6.08 Å². The molecule has 0 saturated carbocycles. The molecule has 0 spiro atoms. The second kappa shape index (κ2) is 52.2. The molecule has 0 aliphatic carbocycles. The maximum absolute atomic E-state index is 12.5. The first-order valence-electron chi connectivity index (χ1n) is 28.0. The van der Waals surface area contributed by atoms with Gasteiger partial charge in [-0.15, -0.1) is 0 Å². The molecule has 0 aliphatic rings. The number of rotatable bonds is 52. The Morgan fingerprint density at radius 3 is 1.10 bits per heavy atom. The molecule has 0 fully saturated rings. The first kappa shape index (κ1) is 60.6. The number of ether oxygens (including phenoxy) is 1. The fraction of sp³-hybridized carbons (Fsp3) is 0.929. The Morgan fingerprint density at radius 2 is 0.742 bits per heavy atom. The van der Waals surface area contributed by atoms with E-state index in [0.717, 1.165) is 44.9 Å². The van der Waals surface area contributed by atoms with E-state index in [0.29, 0.717) is 19.4 Å². The number of hydrogen-bond acceptors (Lipinski definition) is 5. The van der Waals surface area contributed by atoms with E-state index in [1.165, 1.54) is 238 Å². The first-order chi connectivity index (χ1) is 30.5. The summed E-state index contributed by atoms with van der Waals surface area (Å²) >= 11 is 0. The lowest BCUT2D eigenvalue weighted by Crippen LogP contribution is -2.45. The highest BCUT2D eigenvalue weighted by Crippen LogP contribution is 2.17. The van der Waals surface area contributed by atoms with E-state index < -0.39 is 12.1 Å². The van der Waals surface area contributed by atoms with Crippen LogP contribution < -0.4 is 5.32 Å². The van der Waals surface area contributed by atoms with Crippen molar-refractivity contribution in [1.82, 2.24) is 5.32 Å². The van der Waals surface area contributed by atoms with E-state index in [4.69, 9.17) is 4.74 Å². The SMILES string of the molecule is CCCCCCCCCCCCCCCCCC/C=C/C(O)C(CO)NC(=O)CCCCCCCCCCCCCCCCCCOC(=O)CCCCCCCCCCCCC. The number of nitrogens with one attached hydrogen (secondary N) is 1. The van der Waals surface area contributed by atoms with Gasteiger partial charge >= 0.3 is 5.97 Å². The lowest BCUT2D eigenvalue weighted by Gasteiger charge is -2.20. The van der Waals surface area contributed by atoms with Crippen LogP contribution in [0, 0.1) is 0 Å². The van der Waals surface area contributed by atoms with Crippen molar-refractivity contribution >= 4 is 11.9 Å². The molecule has 6 nitrogen and oxygen atoms in total. The Balaban J connectivity index is 3.46. The normalized spacial score (nSPS) is 12.6. The maximum Gasteiger partial charge on any atom is 0.305 e. The molecule has 62 heavy (non-hydrogen) atoms. The van der Waals surface area contributed by atoms with Crippen LogP contribution in [-0.2, 0) is 14.3 Å². The minimum absolute atomic E-state index is 0.00229. The molecular weight excluding hydrogens is 767 g/mol. The molecule has 3 N–H and O–H groups in total. The Bertz CT molecular complexity index is 924. The molecule has 1 amide bonds. The quantitative estimate of drug-likeness (QED) is 0.0321. The number of carbonyl (C=O) groups is 2. The smallest absolute Gasteiger partial charge is 0.305 e. The third-order valence-corrected chi connectivity index (χ3v) is 13.1. The number of aliphatic hydroxyl groups excluding tert-OH is 2. The summed E-state index contributed by atoms with van der Waals surface area (Å²) in [5.74, 6) is -0.0699. The average molecular weight is 876 g/mol. The van der Waals surface area contributed by atoms with Gasteiger partial charge in [0.2, 0.25) is 5.91 Å². The highest BCUT2D eigenvalue weighted by atomic mass is 16.5. The van der Waals surface area contributed by atoms with Crippen LogP contribution in [0.1, 0.15) is 309 Å². The topological polar surface area (TPSA) is 95.9 Å². The van der Waals surface area contributed by atoms with Gasteiger partial charge in [0.15, 0.2) is 0 Å². The molecule has 0 aromatic heterocycles. The monoisotopic (exact) mass is 876 g/mol. The minimum atomic E-state index is -0.848. The Morgan fingerprint density at radius 1 is 0.435 bits per heavy atom. The van der Waals surface area contributed by atoms with Gasteiger partial charge in [0.05, 0.1) is 25.4 Å². The van der Waals surface area contributed by atoms with Crippen LogP contribution in [0.5, 0.6) is 0 Å². The van der Waals surface area contributed by atoms with E-state index in [1.807, 2.05) is 6.08 Å². The van der Waals surface area contributed by atoms with Gasteiger partial charge in [0.1, 0.15) is 0 Å². The van der Waals surface area contributed by atoms with Gasteiger partial charge < -0.3 is 20.3 Å². The highest BCUT2D eigenvalue weighted by molar-refractivity contribution is 5.76. The summed E-state index contributed by atoms with van der Waals surface area (Å²) in [5.41, 5.74) is 0. The van der Waals surface area contributed by atoms with Gasteiger partial charge in [-0.1, -0.05) is 276 Å². The molecule has 0 aliphatic heterocycles. The first-order valence-corrected chi connectivity index (χ1v) is 28.0. The highest BCUT2D eigenvalue weighted by Gasteiger charge is 2.18. The number of aliphatic hydroxyl groups is 2. The predicted octanol–water partition coefficient (Wildman–Crippen LogP) is 16.9. The molecule has 0 heterocycles. The van der Waals surface area contributed by atoms with E-state index in [9.17, 15) is 19.8 Å². The van der Waals surface area contributed by atoms with Crippen LogP contribution in [0.3, 0.4) is 0 Å². The number of amides is 1. The van der Waals surface area contributed by atoms with Crippen LogP contribution >= 0.6 is 0 Å². The standard InChI is InChI=1S/C56H109NO5/c1-3-5-7-9-11-13-15-16-17-18-19-22-25-29-32-36-40-44-48-54(59)53(52-58)57-55(60)49-45-41-37-33-30-26-23-20-21-24-27-31-35-39-43-47-51-62-56(61)50-46-42-38-34-28-14-12-10-8-6-4-2/h44,48,53-54,58-59H,3-43,45-47,49-52H2,1-2H3,(H,57,60)/b48-44+. The fourth-order valence-corrected chi connectivity index (χ4v) is 8.75. The van der Waals surface area contributed by atoms with Gasteiger partial charge in [-0.2, -0.15) is 0 Å². The molecule has 2 unspecified atom stereocenters. The minimum Gasteiger partial charge on any atom is -0.466 e. The number of hydrogen-bond donors (Lipinski definition) is 3. The van der Waals surface area contributed by atoms with Gasteiger partial charge in [-0.05, 0) is 32.1 Å². The third kappa shape index (κ3) is 48.1. The molecule has 0 radical (unpaired) electrons. The Labute approximate surface area is 387 Å². The molecular formula is C56H109NO5. The Hall–Kier alpha value is -1.40. The van der Waals surface area contributed by atoms with Gasteiger partial charge in [0, 0.05) is 12.8 Å². The summed E-state index contributed by atoms with van der Waals surface area (Å²) in [6.07, 6.45) is 60.8. The second-order valence-electron chi connectivity index (χ2n) is 19.3. The summed E-state index contributed by atoms with van der Waals surface area (Å²) in [7, 11) is 0. The zero-order chi connectivity index (χ0) is 45.1. The van der Waals surface area contributed by atoms with Gasteiger partial charge in [-0.25, -0.2) is 0 Å². The van der Waals surface area contributed by atoms with Crippen LogP contribution in [0.15, 0.2) is 12.2 Å². The van der Waals surface area contributed by atoms with Gasteiger partial charge in [-0.3, -0.25) is 9.59 Å². The lowest BCUT2D eigenvalue weighted by atomic mass is 10.0. The Kier molecular flexibility index (Phi) is 51.0. The maximum atomic E-state index is 12.5. The number of unbranched alkanes of at least 4 members (excludes halogenated alkanes) is 41. The molecule has 368 valence electrons. The van der Waals surface area contributed by atoms with Crippen molar-refractivity contribution in [1.29, 1.82) is 0 Å². The van der Waals surface area contributed by atoms with Gasteiger partial charge in [0.25, 0.3) is 0 Å². The molecule has 0 aromatic rings. The third-order valence-electron chi connectivity index (χ3n) is 13.1. The zero-order valence-corrected chi connectivity index (χ0v) is 41.9. The summed E-state index contributed by atoms with van der Waals surface area (Å²) in [6.45, 7) is 4.90. The number of carbonyl (C=O) groups excluding carboxylic acids is 2. The van der Waals surface area contributed by atoms with Crippen molar-refractivity contribution in [2.75, 3.05) is 13.2 Å². The van der Waals surface area contributed by atoms with Crippen LogP contribution in [0.25, 0.3) is 0 Å². The van der Waals surface area contributed by atoms with E-state index >= 15 is 0 Å². The molecule has 2 atom stereocenters. The fourth-order valence-electron chi connectivity index (χ4n) is 8.75. The lowest BCUT2D eigenvalue weighted by molar-refractivity contribution is -0.143. The van der Waals surface area contributed by atoms with Crippen molar-refractivity contribution in [3.05, 3.63) is 12.2 Å². The van der Waals surface area contributed by atoms with Crippen LogP contribution in [0.2, 0.25) is 0 Å². The van der Waals surface area contributed by atoms with Crippen LogP contribution in [-0.4, -0.2) is 47.4 Å². The summed E-state index contributed by atoms with van der Waals surface area (Å²) in [5, 5.41) is 23.1. The number of allylic oxidation sites excluding steroid dienone is 1. The molecule has 0 rings (SSSR count). The summed E-state index contributed by atoms with van der Waals surface area (Å²) < 4.78 is 5.46.